The molecule has 0 N–H and O–H groups in total. The summed E-state index contributed by atoms with van der Waals surface area (Å²) in [5, 5.41) is 1.45. The van der Waals surface area contributed by atoms with Gasteiger partial charge < -0.3 is 9.47 Å². The van der Waals surface area contributed by atoms with E-state index in [1.807, 2.05) is 0 Å². The van der Waals surface area contributed by atoms with Crippen LogP contribution in [0.2, 0.25) is 0 Å². The Balaban J connectivity index is 5.19. The minimum atomic E-state index is -0.798. The molecule has 0 heterocycles. The molecule has 0 aliphatic carbocycles. The van der Waals surface area contributed by atoms with E-state index >= 15 is 0 Å². The zero-order chi connectivity index (χ0) is 17.1. The third kappa shape index (κ3) is 8.13. The van der Waals surface area contributed by atoms with Crippen LogP contribution in [0.3, 0.4) is 0 Å². The van der Waals surface area contributed by atoms with E-state index in [4.69, 9.17) is 9.47 Å². The Hall–Kier alpha value is -1.42. The van der Waals surface area contributed by atoms with Crippen LogP contribution in [0.4, 0.5) is 9.59 Å². The summed E-state index contributed by atoms with van der Waals surface area (Å²) in [4.78, 5) is 46.2. The van der Waals surface area contributed by atoms with E-state index < -0.39 is 12.2 Å². The lowest BCUT2D eigenvalue weighted by Gasteiger charge is -2.31. The Labute approximate surface area is 137 Å². The zero-order valence-electron chi connectivity index (χ0n) is 13.0. The molecule has 0 saturated heterocycles. The number of amides is 2. The highest BCUT2D eigenvalue weighted by molar-refractivity contribution is 8.13. The maximum atomic E-state index is 12.0. The number of hydrogen-bond donors (Lipinski definition) is 0. The van der Waals surface area contributed by atoms with Gasteiger partial charge in [-0.3, -0.25) is 9.59 Å². The van der Waals surface area contributed by atoms with Gasteiger partial charge in [-0.05, 0) is 13.8 Å². The monoisotopic (exact) mass is 352 g/mol. The van der Waals surface area contributed by atoms with E-state index in [-0.39, 0.29) is 35.2 Å². The molecule has 10 heteroatoms. The largest absolute Gasteiger partial charge is 0.448 e. The van der Waals surface area contributed by atoms with Crippen LogP contribution in [-0.2, 0) is 19.1 Å². The number of thioether (sulfide) groups is 2. The highest BCUT2D eigenvalue weighted by Crippen LogP contribution is 2.16. The van der Waals surface area contributed by atoms with Gasteiger partial charge in [0.2, 0.25) is 0 Å². The van der Waals surface area contributed by atoms with E-state index in [1.165, 1.54) is 13.8 Å². The predicted molar refractivity (Wildman–Crippen MR) is 84.0 cm³/mol. The van der Waals surface area contributed by atoms with Crippen LogP contribution in [0.5, 0.6) is 0 Å². The predicted octanol–water partition coefficient (Wildman–Crippen LogP) is 2.29. The molecule has 0 fully saturated rings. The first-order valence-electron chi connectivity index (χ1n) is 6.48. The van der Waals surface area contributed by atoms with Gasteiger partial charge >= 0.3 is 12.2 Å². The molecular weight excluding hydrogens is 332 g/mol. The molecule has 0 aliphatic heterocycles. The summed E-state index contributed by atoms with van der Waals surface area (Å²) >= 11 is 1.67. The molecule has 126 valence electrons. The van der Waals surface area contributed by atoms with Crippen LogP contribution >= 0.6 is 23.5 Å². The van der Waals surface area contributed by atoms with Crippen molar-refractivity contribution in [2.45, 2.75) is 27.7 Å². The van der Waals surface area contributed by atoms with Crippen molar-refractivity contribution in [2.75, 3.05) is 25.0 Å². The van der Waals surface area contributed by atoms with Gasteiger partial charge in [-0.25, -0.2) is 19.6 Å². The molecule has 0 spiro atoms. The van der Waals surface area contributed by atoms with Crippen molar-refractivity contribution < 1.29 is 28.7 Å². The molecule has 22 heavy (non-hydrogen) atoms. The summed E-state index contributed by atoms with van der Waals surface area (Å²) in [7, 11) is 0. The van der Waals surface area contributed by atoms with E-state index in [0.717, 1.165) is 33.5 Å². The van der Waals surface area contributed by atoms with Gasteiger partial charge in [-0.15, -0.1) is 0 Å². The van der Waals surface area contributed by atoms with Crippen molar-refractivity contribution in [3.8, 4) is 0 Å². The smallest absolute Gasteiger partial charge is 0.429 e. The third-order valence-electron chi connectivity index (χ3n) is 2.03. The molecule has 0 aliphatic rings. The second kappa shape index (κ2) is 11.2. The van der Waals surface area contributed by atoms with Crippen molar-refractivity contribution in [1.29, 1.82) is 0 Å². The molecule has 0 bridgehead atoms. The summed E-state index contributed by atoms with van der Waals surface area (Å²) in [5.74, 6) is -0.239. The van der Waals surface area contributed by atoms with E-state index in [1.54, 1.807) is 13.8 Å². The Bertz CT molecular complexity index is 380. The average Bonchev–Trinajstić information content (AvgIpc) is 2.42. The summed E-state index contributed by atoms with van der Waals surface area (Å²) in [6.07, 6.45) is -1.60. The SMILES string of the molecule is CCOC(=O)N(CSC(C)=O)N(CSC(C)=O)C(=O)OCC. The minimum Gasteiger partial charge on any atom is -0.448 e. The van der Waals surface area contributed by atoms with E-state index in [2.05, 4.69) is 0 Å². The van der Waals surface area contributed by atoms with Gasteiger partial charge in [-0.1, -0.05) is 23.5 Å². The lowest BCUT2D eigenvalue weighted by Crippen LogP contribution is -2.50. The molecular formula is C12H20N2O6S2. The minimum absolute atomic E-state index is 0.108. The highest BCUT2D eigenvalue weighted by Gasteiger charge is 2.29. The maximum absolute atomic E-state index is 12.0. The maximum Gasteiger partial charge on any atom is 0.429 e. The zero-order valence-corrected chi connectivity index (χ0v) is 14.6. The second-order valence-electron chi connectivity index (χ2n) is 3.73. The number of carbonyl (C=O) groups excluding carboxylic acids is 4. The molecule has 2 amide bonds. The molecule has 0 aromatic heterocycles. The van der Waals surface area contributed by atoms with Crippen LogP contribution in [-0.4, -0.2) is 57.4 Å². The second-order valence-corrected chi connectivity index (χ2v) is 5.97. The van der Waals surface area contributed by atoms with Crippen molar-refractivity contribution in [3.05, 3.63) is 0 Å². The fraction of sp³-hybridized carbons (Fsp3) is 0.667. The van der Waals surface area contributed by atoms with Crippen LogP contribution in [0.15, 0.2) is 0 Å². The van der Waals surface area contributed by atoms with Gasteiger partial charge in [0.25, 0.3) is 0 Å². The normalized spacial score (nSPS) is 9.82. The number of ether oxygens (including phenoxy) is 2. The molecule has 0 aromatic carbocycles. The van der Waals surface area contributed by atoms with Crippen LogP contribution in [0, 0.1) is 0 Å². The molecule has 0 unspecified atom stereocenters. The first kappa shape index (κ1) is 20.6. The number of hydrazine groups is 1. The first-order chi connectivity index (χ1) is 10.3. The Morgan fingerprint density at radius 1 is 0.773 bits per heavy atom. The van der Waals surface area contributed by atoms with Gasteiger partial charge in [0.05, 0.1) is 25.0 Å². The van der Waals surface area contributed by atoms with Gasteiger partial charge in [0.1, 0.15) is 0 Å². The summed E-state index contributed by atoms with van der Waals surface area (Å²) < 4.78 is 9.74. The number of hydrogen-bond acceptors (Lipinski definition) is 8. The van der Waals surface area contributed by atoms with Crippen LogP contribution in [0.25, 0.3) is 0 Å². The Kier molecular flexibility index (Phi) is 10.5. The van der Waals surface area contributed by atoms with E-state index in [9.17, 15) is 19.2 Å². The average molecular weight is 352 g/mol. The first-order valence-corrected chi connectivity index (χ1v) is 8.45. The van der Waals surface area contributed by atoms with Crippen molar-refractivity contribution in [2.24, 2.45) is 0 Å². The number of nitrogens with zero attached hydrogens (tertiary/aromatic N) is 2. The summed E-state index contributed by atoms with van der Waals surface area (Å²) in [6.45, 7) is 6.13. The van der Waals surface area contributed by atoms with Crippen LogP contribution in [0.1, 0.15) is 27.7 Å². The Morgan fingerprint density at radius 2 is 1.09 bits per heavy atom. The molecule has 8 nitrogen and oxygen atoms in total. The fourth-order valence-corrected chi connectivity index (χ4v) is 2.24. The van der Waals surface area contributed by atoms with Crippen molar-refractivity contribution in [1.82, 2.24) is 10.0 Å². The summed E-state index contributed by atoms with van der Waals surface area (Å²) in [6, 6.07) is 0. The van der Waals surface area contributed by atoms with Crippen molar-refractivity contribution in [3.63, 3.8) is 0 Å². The Morgan fingerprint density at radius 3 is 1.32 bits per heavy atom. The number of rotatable bonds is 6. The van der Waals surface area contributed by atoms with Gasteiger partial charge in [0, 0.05) is 13.8 Å². The van der Waals surface area contributed by atoms with Crippen LogP contribution < -0.4 is 0 Å². The third-order valence-corrected chi connectivity index (χ3v) is 3.59. The fourth-order valence-electron chi connectivity index (χ4n) is 1.14. The lowest BCUT2D eigenvalue weighted by molar-refractivity contribution is -0.110. The molecule has 0 atom stereocenters. The lowest BCUT2D eigenvalue weighted by atomic mass is 10.8. The highest BCUT2D eigenvalue weighted by atomic mass is 32.2. The quantitative estimate of drug-likeness (QED) is 0.531. The van der Waals surface area contributed by atoms with Gasteiger partial charge in [-0.2, -0.15) is 0 Å². The molecule has 0 saturated carbocycles. The molecule has 0 aromatic rings. The van der Waals surface area contributed by atoms with E-state index in [0.29, 0.717) is 0 Å². The topological polar surface area (TPSA) is 93.2 Å². The van der Waals surface area contributed by atoms with Crippen molar-refractivity contribution >= 4 is 45.9 Å². The standard InChI is InChI=1S/C12H20N2O6S2/c1-5-19-11(17)13(7-21-9(3)15)14(8-22-10(4)16)12(18)20-6-2/h5-8H2,1-4H3. The molecule has 0 rings (SSSR count). The molecule has 0 radical (unpaired) electrons. The number of carbonyl (C=O) groups is 4. The summed E-state index contributed by atoms with van der Waals surface area (Å²) in [5.41, 5.74) is 0. The van der Waals surface area contributed by atoms with Gasteiger partial charge in [0.15, 0.2) is 10.2 Å².